The molecule has 4 aromatic rings. The highest BCUT2D eigenvalue weighted by Gasteiger charge is 2.31. The molecule has 0 amide bonds. The standard InChI is InChI=1S/C26H22F3N3O3/c27-26(28,29)35-19-12-10-17(11-13-19)23-15-14-20(34-23)16-30-32-24(18-6-2-1-3-7-18)31-22-9-5-4-8-21(22)25(32)33/h4-5,8-16,18H,1-3,6-7H2. The van der Waals surface area contributed by atoms with Crippen molar-refractivity contribution in [2.75, 3.05) is 0 Å². The number of benzene rings is 2. The lowest BCUT2D eigenvalue weighted by Gasteiger charge is -2.22. The van der Waals surface area contributed by atoms with Crippen molar-refractivity contribution in [3.8, 4) is 17.1 Å². The van der Waals surface area contributed by atoms with Crippen LogP contribution in [0.25, 0.3) is 22.2 Å². The molecular weight excluding hydrogens is 459 g/mol. The third-order valence-corrected chi connectivity index (χ3v) is 6.05. The van der Waals surface area contributed by atoms with Crippen LogP contribution < -0.4 is 10.3 Å². The summed E-state index contributed by atoms with van der Waals surface area (Å²) in [5.41, 5.74) is 0.994. The molecule has 0 spiro atoms. The second-order valence-corrected chi connectivity index (χ2v) is 8.46. The average Bonchev–Trinajstić information content (AvgIpc) is 3.32. The molecule has 6 nitrogen and oxygen atoms in total. The molecule has 0 atom stereocenters. The lowest BCUT2D eigenvalue weighted by molar-refractivity contribution is -0.274. The number of furan rings is 1. The minimum Gasteiger partial charge on any atom is -0.455 e. The first-order valence-corrected chi connectivity index (χ1v) is 11.4. The predicted molar refractivity (Wildman–Crippen MR) is 126 cm³/mol. The Kier molecular flexibility index (Phi) is 6.15. The Morgan fingerprint density at radius 3 is 2.49 bits per heavy atom. The van der Waals surface area contributed by atoms with Gasteiger partial charge in [-0.25, -0.2) is 4.98 Å². The molecule has 1 saturated carbocycles. The lowest BCUT2D eigenvalue weighted by atomic mass is 9.88. The second-order valence-electron chi connectivity index (χ2n) is 8.46. The lowest BCUT2D eigenvalue weighted by Crippen LogP contribution is -2.25. The van der Waals surface area contributed by atoms with Gasteiger partial charge >= 0.3 is 6.36 Å². The van der Waals surface area contributed by atoms with E-state index in [0.717, 1.165) is 25.7 Å². The highest BCUT2D eigenvalue weighted by atomic mass is 19.4. The summed E-state index contributed by atoms with van der Waals surface area (Å²) in [6, 6.07) is 16.0. The van der Waals surface area contributed by atoms with Gasteiger partial charge in [-0.1, -0.05) is 31.4 Å². The van der Waals surface area contributed by atoms with Gasteiger partial charge in [0.2, 0.25) is 0 Å². The van der Waals surface area contributed by atoms with Gasteiger partial charge in [0.05, 0.1) is 17.1 Å². The summed E-state index contributed by atoms with van der Waals surface area (Å²) < 4.78 is 48.2. The molecule has 0 radical (unpaired) electrons. The molecule has 0 bridgehead atoms. The van der Waals surface area contributed by atoms with Crippen LogP contribution >= 0.6 is 0 Å². The molecule has 0 N–H and O–H groups in total. The van der Waals surface area contributed by atoms with E-state index >= 15 is 0 Å². The quantitative estimate of drug-likeness (QED) is 0.306. The highest BCUT2D eigenvalue weighted by molar-refractivity contribution is 5.79. The van der Waals surface area contributed by atoms with E-state index in [-0.39, 0.29) is 17.2 Å². The van der Waals surface area contributed by atoms with E-state index < -0.39 is 6.36 Å². The van der Waals surface area contributed by atoms with Crippen LogP contribution in [0, 0.1) is 0 Å². The first kappa shape index (κ1) is 22.9. The van der Waals surface area contributed by atoms with Gasteiger partial charge in [0.25, 0.3) is 5.56 Å². The molecule has 35 heavy (non-hydrogen) atoms. The number of para-hydroxylation sites is 1. The van der Waals surface area contributed by atoms with Crippen LogP contribution in [0.1, 0.15) is 49.6 Å². The van der Waals surface area contributed by atoms with Gasteiger partial charge in [-0.05, 0) is 61.4 Å². The molecule has 0 aliphatic heterocycles. The van der Waals surface area contributed by atoms with Gasteiger partial charge in [0, 0.05) is 11.5 Å². The van der Waals surface area contributed by atoms with Crippen LogP contribution in [0.2, 0.25) is 0 Å². The van der Waals surface area contributed by atoms with Gasteiger partial charge in [0.1, 0.15) is 23.1 Å². The zero-order valence-corrected chi connectivity index (χ0v) is 18.7. The van der Waals surface area contributed by atoms with E-state index in [0.29, 0.717) is 33.8 Å². The Morgan fingerprint density at radius 1 is 1.00 bits per heavy atom. The molecule has 0 unspecified atom stereocenters. The van der Waals surface area contributed by atoms with Crippen molar-refractivity contribution in [3.05, 3.63) is 82.6 Å². The fourth-order valence-electron chi connectivity index (χ4n) is 4.39. The smallest absolute Gasteiger partial charge is 0.455 e. The van der Waals surface area contributed by atoms with Gasteiger partial charge in [0.15, 0.2) is 0 Å². The Hall–Kier alpha value is -3.88. The summed E-state index contributed by atoms with van der Waals surface area (Å²) >= 11 is 0. The van der Waals surface area contributed by atoms with Crippen LogP contribution in [-0.2, 0) is 0 Å². The highest BCUT2D eigenvalue weighted by Crippen LogP contribution is 2.32. The molecule has 1 aliphatic rings. The first-order chi connectivity index (χ1) is 16.9. The number of aromatic nitrogens is 2. The monoisotopic (exact) mass is 481 g/mol. The number of hydrogen-bond donors (Lipinski definition) is 0. The van der Waals surface area contributed by atoms with Crippen LogP contribution in [-0.4, -0.2) is 22.2 Å². The van der Waals surface area contributed by atoms with Crippen molar-refractivity contribution in [1.82, 2.24) is 9.66 Å². The molecule has 0 saturated heterocycles. The average molecular weight is 481 g/mol. The predicted octanol–water partition coefficient (Wildman–Crippen LogP) is 6.49. The fraction of sp³-hybridized carbons (Fsp3) is 0.269. The number of halogens is 3. The summed E-state index contributed by atoms with van der Waals surface area (Å²) in [6.45, 7) is 0. The first-order valence-electron chi connectivity index (χ1n) is 11.4. The molecule has 180 valence electrons. The minimum absolute atomic E-state index is 0.155. The summed E-state index contributed by atoms with van der Waals surface area (Å²) in [5, 5.41) is 4.93. The van der Waals surface area contributed by atoms with Crippen molar-refractivity contribution in [2.24, 2.45) is 5.10 Å². The van der Waals surface area contributed by atoms with Gasteiger partial charge in [-0.3, -0.25) is 4.79 Å². The molecule has 2 heterocycles. The third-order valence-electron chi connectivity index (χ3n) is 6.05. The van der Waals surface area contributed by atoms with Crippen LogP contribution in [0.5, 0.6) is 5.75 Å². The molecule has 2 aromatic carbocycles. The Morgan fingerprint density at radius 2 is 1.74 bits per heavy atom. The Balaban J connectivity index is 1.44. The number of alkyl halides is 3. The summed E-state index contributed by atoms with van der Waals surface area (Å²) in [4.78, 5) is 18.0. The maximum atomic E-state index is 13.3. The maximum absolute atomic E-state index is 13.3. The third kappa shape index (κ3) is 5.13. The second kappa shape index (κ2) is 9.40. The van der Waals surface area contributed by atoms with Crippen LogP contribution in [0.15, 0.2) is 75.0 Å². The fourth-order valence-corrected chi connectivity index (χ4v) is 4.39. The summed E-state index contributed by atoms with van der Waals surface area (Å²) in [7, 11) is 0. The number of fused-ring (bicyclic) bond motifs is 1. The van der Waals surface area contributed by atoms with E-state index in [1.54, 1.807) is 24.3 Å². The number of rotatable bonds is 5. The summed E-state index contributed by atoms with van der Waals surface area (Å²) in [5.74, 6) is 1.33. The number of hydrogen-bond acceptors (Lipinski definition) is 5. The van der Waals surface area contributed by atoms with E-state index in [4.69, 9.17) is 9.40 Å². The van der Waals surface area contributed by atoms with E-state index in [1.807, 2.05) is 12.1 Å². The van der Waals surface area contributed by atoms with E-state index in [2.05, 4.69) is 9.84 Å². The molecule has 2 aromatic heterocycles. The topological polar surface area (TPSA) is 69.6 Å². The molecule has 1 aliphatic carbocycles. The molecule has 1 fully saturated rings. The van der Waals surface area contributed by atoms with Crippen molar-refractivity contribution >= 4 is 17.1 Å². The van der Waals surface area contributed by atoms with Gasteiger partial charge in [-0.15, -0.1) is 13.2 Å². The minimum atomic E-state index is -4.75. The number of nitrogens with zero attached hydrogens (tertiary/aromatic N) is 3. The van der Waals surface area contributed by atoms with E-state index in [9.17, 15) is 18.0 Å². The normalized spacial score (nSPS) is 15.2. The molecule has 9 heteroatoms. The van der Waals surface area contributed by atoms with Gasteiger partial charge < -0.3 is 9.15 Å². The van der Waals surface area contributed by atoms with Crippen molar-refractivity contribution in [2.45, 2.75) is 44.4 Å². The largest absolute Gasteiger partial charge is 0.573 e. The SMILES string of the molecule is O=c1c2ccccc2nc(C2CCCCC2)n1N=Cc1ccc(-c2ccc(OC(F)(F)F)cc2)o1. The van der Waals surface area contributed by atoms with Crippen molar-refractivity contribution < 1.29 is 22.3 Å². The zero-order chi connectivity index (χ0) is 24.4. The van der Waals surface area contributed by atoms with Crippen LogP contribution in [0.3, 0.4) is 0 Å². The molecular formula is C26H22F3N3O3. The Bertz CT molecular complexity index is 1420. The number of ether oxygens (including phenoxy) is 1. The zero-order valence-electron chi connectivity index (χ0n) is 18.7. The van der Waals surface area contributed by atoms with Crippen molar-refractivity contribution in [3.63, 3.8) is 0 Å². The summed E-state index contributed by atoms with van der Waals surface area (Å²) in [6.07, 6.45) is 1.97. The molecule has 5 rings (SSSR count). The van der Waals surface area contributed by atoms with Crippen LogP contribution in [0.4, 0.5) is 13.2 Å². The van der Waals surface area contributed by atoms with Gasteiger partial charge in [-0.2, -0.15) is 9.78 Å². The Labute approximate surface area is 198 Å². The van der Waals surface area contributed by atoms with Crippen molar-refractivity contribution in [1.29, 1.82) is 0 Å². The maximum Gasteiger partial charge on any atom is 0.573 e. The van der Waals surface area contributed by atoms with E-state index in [1.165, 1.54) is 41.6 Å².